The topological polar surface area (TPSA) is 80.8 Å². The van der Waals surface area contributed by atoms with E-state index >= 15 is 0 Å². The Balaban J connectivity index is 1.26. The average Bonchev–Trinajstić information content (AvgIpc) is 3.38. The van der Waals surface area contributed by atoms with Crippen molar-refractivity contribution in [1.29, 1.82) is 0 Å². The third kappa shape index (κ3) is 7.25. The summed E-state index contributed by atoms with van der Waals surface area (Å²) in [6.45, 7) is 2.53. The fraction of sp³-hybridized carbons (Fsp3) is 0.370. The number of alkyl halides is 2. The second kappa shape index (κ2) is 12.1. The molecule has 10 heteroatoms. The van der Waals surface area contributed by atoms with Crippen LogP contribution in [-0.2, 0) is 6.54 Å². The van der Waals surface area contributed by atoms with Crippen LogP contribution < -0.4 is 14.8 Å². The number of carbonyl (C=O) groups is 2. The predicted octanol–water partition coefficient (Wildman–Crippen LogP) is 5.48. The van der Waals surface area contributed by atoms with E-state index in [1.807, 2.05) is 30.9 Å². The van der Waals surface area contributed by atoms with Crippen LogP contribution in [0, 0.1) is 0 Å². The van der Waals surface area contributed by atoms with Crippen molar-refractivity contribution in [3.8, 4) is 11.5 Å². The zero-order chi connectivity index (χ0) is 26.4. The van der Waals surface area contributed by atoms with Crippen LogP contribution in [0.2, 0.25) is 0 Å². The van der Waals surface area contributed by atoms with Crippen LogP contribution in [0.25, 0.3) is 0 Å². The van der Waals surface area contributed by atoms with Gasteiger partial charge in [-0.15, -0.1) is 11.3 Å². The van der Waals surface area contributed by atoms with Crippen LogP contribution in [0.4, 0.5) is 8.78 Å². The van der Waals surface area contributed by atoms with Gasteiger partial charge >= 0.3 is 6.61 Å². The molecule has 0 spiro atoms. The highest BCUT2D eigenvalue weighted by Gasteiger charge is 2.27. The van der Waals surface area contributed by atoms with Gasteiger partial charge in [-0.2, -0.15) is 8.78 Å². The highest BCUT2D eigenvalue weighted by Crippen LogP contribution is 2.31. The fourth-order valence-electron chi connectivity index (χ4n) is 4.10. The third-order valence-corrected chi connectivity index (χ3v) is 6.97. The number of aromatic nitrogens is 1. The number of likely N-dealkylation sites (tertiary alicyclic amines) is 1. The third-order valence-electron chi connectivity index (χ3n) is 5.96. The zero-order valence-corrected chi connectivity index (χ0v) is 21.5. The minimum atomic E-state index is -2.88. The maximum atomic E-state index is 12.9. The van der Waals surface area contributed by atoms with Gasteiger partial charge in [0.1, 0.15) is 17.2 Å². The molecule has 37 heavy (non-hydrogen) atoms. The minimum Gasteiger partial charge on any atom is -0.491 e. The lowest BCUT2D eigenvalue weighted by atomic mass is 9.97. The van der Waals surface area contributed by atoms with Crippen molar-refractivity contribution in [2.24, 2.45) is 0 Å². The first kappa shape index (κ1) is 26.5. The van der Waals surface area contributed by atoms with E-state index in [9.17, 15) is 18.4 Å². The van der Waals surface area contributed by atoms with Gasteiger partial charge in [-0.1, -0.05) is 12.1 Å². The first-order chi connectivity index (χ1) is 17.8. The molecule has 1 aromatic heterocycles. The van der Waals surface area contributed by atoms with Gasteiger partial charge in [0.15, 0.2) is 0 Å². The molecular weight excluding hydrogens is 500 g/mol. The van der Waals surface area contributed by atoms with E-state index in [1.165, 1.54) is 23.5 Å². The van der Waals surface area contributed by atoms with E-state index < -0.39 is 6.61 Å². The van der Waals surface area contributed by atoms with E-state index in [4.69, 9.17) is 4.74 Å². The highest BCUT2D eigenvalue weighted by atomic mass is 32.1. The standard InChI is InChI=1S/C27H29F2N3O4S/c1-17(2)35-21-9-5-20(6-10-21)26(34)32-13-11-19(12-14-32)25-31-23(16-37-25)24(33)30-15-18-3-7-22(8-4-18)36-27(28)29/h3-10,16-17,19,27H,11-15H2,1-2H3,(H,30,33). The van der Waals surface area contributed by atoms with Crippen molar-refractivity contribution in [2.45, 2.75) is 51.9 Å². The first-order valence-electron chi connectivity index (χ1n) is 12.1. The number of amides is 2. The highest BCUT2D eigenvalue weighted by molar-refractivity contribution is 7.09. The monoisotopic (exact) mass is 529 g/mol. The van der Waals surface area contributed by atoms with Gasteiger partial charge in [-0.25, -0.2) is 4.98 Å². The summed E-state index contributed by atoms with van der Waals surface area (Å²) in [7, 11) is 0. The van der Waals surface area contributed by atoms with Gasteiger partial charge in [0.05, 0.1) is 11.1 Å². The molecule has 7 nitrogen and oxygen atoms in total. The molecule has 1 aliphatic heterocycles. The Labute approximate surface area is 218 Å². The van der Waals surface area contributed by atoms with Crippen LogP contribution in [0.1, 0.15) is 64.0 Å². The molecule has 1 N–H and O–H groups in total. The van der Waals surface area contributed by atoms with E-state index in [0.29, 0.717) is 24.3 Å². The molecular formula is C27H29F2N3O4S. The second-order valence-corrected chi connectivity index (χ2v) is 9.92. The lowest BCUT2D eigenvalue weighted by Gasteiger charge is -2.31. The van der Waals surface area contributed by atoms with Gasteiger partial charge in [0.2, 0.25) is 0 Å². The van der Waals surface area contributed by atoms with E-state index in [1.54, 1.807) is 29.6 Å². The number of nitrogens with zero attached hydrogens (tertiary/aromatic N) is 2. The molecule has 1 fully saturated rings. The van der Waals surface area contributed by atoms with Crippen LogP contribution in [0.5, 0.6) is 11.5 Å². The number of ether oxygens (including phenoxy) is 2. The van der Waals surface area contributed by atoms with Crippen molar-refractivity contribution in [1.82, 2.24) is 15.2 Å². The van der Waals surface area contributed by atoms with Gasteiger partial charge in [0.25, 0.3) is 11.8 Å². The normalized spacial score (nSPS) is 14.2. The van der Waals surface area contributed by atoms with Crippen molar-refractivity contribution < 1.29 is 27.8 Å². The molecule has 0 radical (unpaired) electrons. The van der Waals surface area contributed by atoms with E-state index in [2.05, 4.69) is 15.0 Å². The summed E-state index contributed by atoms with van der Waals surface area (Å²) >= 11 is 1.45. The molecule has 196 valence electrons. The molecule has 2 heterocycles. The number of carbonyl (C=O) groups excluding carboxylic acids is 2. The summed E-state index contributed by atoms with van der Waals surface area (Å²) < 4.78 is 34.5. The summed E-state index contributed by atoms with van der Waals surface area (Å²) in [6, 6.07) is 13.3. The smallest absolute Gasteiger partial charge is 0.387 e. The molecule has 2 amide bonds. The van der Waals surface area contributed by atoms with Crippen molar-refractivity contribution in [3.63, 3.8) is 0 Å². The number of benzene rings is 2. The number of thiazole rings is 1. The Bertz CT molecular complexity index is 1190. The molecule has 2 aromatic carbocycles. The predicted molar refractivity (Wildman–Crippen MR) is 136 cm³/mol. The maximum Gasteiger partial charge on any atom is 0.387 e. The molecule has 0 atom stereocenters. The first-order valence-corrected chi connectivity index (χ1v) is 13.0. The van der Waals surface area contributed by atoms with Crippen molar-refractivity contribution >= 4 is 23.2 Å². The van der Waals surface area contributed by atoms with Gasteiger partial charge < -0.3 is 19.7 Å². The summed E-state index contributed by atoms with van der Waals surface area (Å²) in [5.74, 6) is 0.706. The van der Waals surface area contributed by atoms with Gasteiger partial charge in [-0.05, 0) is 68.7 Å². The summed E-state index contributed by atoms with van der Waals surface area (Å²) in [6.07, 6.45) is 1.64. The minimum absolute atomic E-state index is 0.00236. The van der Waals surface area contributed by atoms with E-state index in [-0.39, 0.29) is 36.1 Å². The van der Waals surface area contributed by atoms with Crippen LogP contribution in [0.15, 0.2) is 53.9 Å². The summed E-state index contributed by atoms with van der Waals surface area (Å²) in [5.41, 5.74) is 1.74. The Hall–Kier alpha value is -3.53. The number of hydrogen-bond donors (Lipinski definition) is 1. The Morgan fingerprint density at radius 2 is 1.65 bits per heavy atom. The molecule has 3 aromatic rings. The Morgan fingerprint density at radius 3 is 2.27 bits per heavy atom. The summed E-state index contributed by atoms with van der Waals surface area (Å²) in [4.78, 5) is 31.9. The van der Waals surface area contributed by atoms with Crippen molar-refractivity contribution in [2.75, 3.05) is 13.1 Å². The van der Waals surface area contributed by atoms with E-state index in [0.717, 1.165) is 29.2 Å². The number of piperidine rings is 1. The largest absolute Gasteiger partial charge is 0.491 e. The van der Waals surface area contributed by atoms with Gasteiger partial charge in [0, 0.05) is 36.5 Å². The zero-order valence-electron chi connectivity index (χ0n) is 20.7. The maximum absolute atomic E-state index is 12.9. The molecule has 1 saturated heterocycles. The summed E-state index contributed by atoms with van der Waals surface area (Å²) in [5, 5.41) is 5.43. The lowest BCUT2D eigenvalue weighted by Crippen LogP contribution is -2.37. The second-order valence-electron chi connectivity index (χ2n) is 9.03. The fourth-order valence-corrected chi connectivity index (χ4v) is 5.07. The lowest BCUT2D eigenvalue weighted by molar-refractivity contribution is -0.0498. The Kier molecular flexibility index (Phi) is 8.70. The van der Waals surface area contributed by atoms with Crippen LogP contribution in [-0.4, -0.2) is 47.5 Å². The molecule has 0 unspecified atom stereocenters. The number of halogens is 2. The quantitative estimate of drug-likeness (QED) is 0.397. The van der Waals surface area contributed by atoms with Gasteiger partial charge in [-0.3, -0.25) is 9.59 Å². The SMILES string of the molecule is CC(C)Oc1ccc(C(=O)N2CCC(c3nc(C(=O)NCc4ccc(OC(F)F)cc4)cs3)CC2)cc1. The number of nitrogens with one attached hydrogen (secondary N) is 1. The Morgan fingerprint density at radius 1 is 1.03 bits per heavy atom. The number of hydrogen-bond acceptors (Lipinski definition) is 6. The number of rotatable bonds is 9. The van der Waals surface area contributed by atoms with Crippen molar-refractivity contribution in [3.05, 3.63) is 75.7 Å². The molecule has 1 aliphatic rings. The van der Waals surface area contributed by atoms with Crippen LogP contribution in [0.3, 0.4) is 0 Å². The molecule has 0 aliphatic carbocycles. The molecule has 0 bridgehead atoms. The molecule has 0 saturated carbocycles. The molecule has 4 rings (SSSR count). The van der Waals surface area contributed by atoms with Crippen LogP contribution >= 0.6 is 11.3 Å². The average molecular weight is 530 g/mol.